The van der Waals surface area contributed by atoms with Gasteiger partial charge >= 0.3 is 5.97 Å². The van der Waals surface area contributed by atoms with E-state index in [4.69, 9.17) is 25.8 Å². The SMILES string of the molecule is C[C@@H](OC(=O)/C=C/c1ccc2c(c1)OCCO2)C(=O)c1ccc(Cl)cc1. The van der Waals surface area contributed by atoms with Gasteiger partial charge in [-0.15, -0.1) is 0 Å². The highest BCUT2D eigenvalue weighted by Crippen LogP contribution is 2.31. The Balaban J connectivity index is 1.60. The molecule has 5 nitrogen and oxygen atoms in total. The van der Waals surface area contributed by atoms with Crippen molar-refractivity contribution in [3.63, 3.8) is 0 Å². The number of Topliss-reactive ketones (excluding diaryl/α,β-unsaturated/α-hetero) is 1. The number of ketones is 1. The maximum atomic E-state index is 12.3. The molecule has 0 aliphatic carbocycles. The molecule has 3 rings (SSSR count). The van der Waals surface area contributed by atoms with Crippen LogP contribution in [0.4, 0.5) is 0 Å². The summed E-state index contributed by atoms with van der Waals surface area (Å²) in [5.41, 5.74) is 1.20. The molecule has 0 radical (unpaired) electrons. The number of carbonyl (C=O) groups excluding carboxylic acids is 2. The van der Waals surface area contributed by atoms with E-state index in [-0.39, 0.29) is 5.78 Å². The molecular formula is C20H17ClO5. The molecule has 26 heavy (non-hydrogen) atoms. The van der Waals surface area contributed by atoms with Gasteiger partial charge in [0.15, 0.2) is 17.6 Å². The maximum absolute atomic E-state index is 12.3. The summed E-state index contributed by atoms with van der Waals surface area (Å²) in [6.45, 7) is 2.55. The fourth-order valence-electron chi connectivity index (χ4n) is 2.44. The van der Waals surface area contributed by atoms with Crippen LogP contribution in [0.25, 0.3) is 6.08 Å². The van der Waals surface area contributed by atoms with Crippen molar-refractivity contribution in [3.8, 4) is 11.5 Å². The number of hydrogen-bond donors (Lipinski definition) is 0. The maximum Gasteiger partial charge on any atom is 0.331 e. The monoisotopic (exact) mass is 372 g/mol. The van der Waals surface area contributed by atoms with Gasteiger partial charge in [0.1, 0.15) is 13.2 Å². The summed E-state index contributed by atoms with van der Waals surface area (Å²) in [4.78, 5) is 24.2. The summed E-state index contributed by atoms with van der Waals surface area (Å²) >= 11 is 5.80. The average Bonchev–Trinajstić information content (AvgIpc) is 2.66. The van der Waals surface area contributed by atoms with Gasteiger partial charge < -0.3 is 14.2 Å². The molecule has 2 aromatic carbocycles. The fraction of sp³-hybridized carbons (Fsp3) is 0.200. The highest BCUT2D eigenvalue weighted by Gasteiger charge is 2.18. The van der Waals surface area contributed by atoms with Crippen LogP contribution in [-0.4, -0.2) is 31.1 Å². The van der Waals surface area contributed by atoms with Crippen molar-refractivity contribution in [1.29, 1.82) is 0 Å². The highest BCUT2D eigenvalue weighted by atomic mass is 35.5. The number of rotatable bonds is 5. The average molecular weight is 373 g/mol. The summed E-state index contributed by atoms with van der Waals surface area (Å²) in [6.07, 6.45) is 1.98. The lowest BCUT2D eigenvalue weighted by molar-refractivity contribution is -0.140. The van der Waals surface area contributed by atoms with Gasteiger partial charge in [0, 0.05) is 16.7 Å². The van der Waals surface area contributed by atoms with Gasteiger partial charge in [0.2, 0.25) is 5.78 Å². The number of carbonyl (C=O) groups is 2. The van der Waals surface area contributed by atoms with Crippen LogP contribution in [0.15, 0.2) is 48.5 Å². The molecule has 0 bridgehead atoms. The van der Waals surface area contributed by atoms with Crippen LogP contribution in [0.1, 0.15) is 22.8 Å². The molecule has 1 aliphatic rings. The number of benzene rings is 2. The molecular weight excluding hydrogens is 356 g/mol. The van der Waals surface area contributed by atoms with Crippen LogP contribution in [0, 0.1) is 0 Å². The number of halogens is 1. The molecule has 0 saturated carbocycles. The highest BCUT2D eigenvalue weighted by molar-refractivity contribution is 6.30. The lowest BCUT2D eigenvalue weighted by Crippen LogP contribution is -2.23. The second-order valence-corrected chi connectivity index (χ2v) is 6.12. The molecule has 0 spiro atoms. The Kier molecular flexibility index (Phi) is 5.58. The normalized spacial score (nSPS) is 14.1. The van der Waals surface area contributed by atoms with Crippen LogP contribution in [0.2, 0.25) is 5.02 Å². The molecule has 0 fully saturated rings. The minimum absolute atomic E-state index is 0.289. The van der Waals surface area contributed by atoms with Crippen molar-refractivity contribution < 1.29 is 23.8 Å². The van der Waals surface area contributed by atoms with Crippen LogP contribution in [-0.2, 0) is 9.53 Å². The fourth-order valence-corrected chi connectivity index (χ4v) is 2.57. The van der Waals surface area contributed by atoms with E-state index in [1.165, 1.54) is 13.0 Å². The lowest BCUT2D eigenvalue weighted by atomic mass is 10.1. The van der Waals surface area contributed by atoms with E-state index in [2.05, 4.69) is 0 Å². The summed E-state index contributed by atoms with van der Waals surface area (Å²) in [6, 6.07) is 11.8. The first-order chi connectivity index (χ1) is 12.5. The first kappa shape index (κ1) is 18.0. The van der Waals surface area contributed by atoms with Crippen molar-refractivity contribution in [2.45, 2.75) is 13.0 Å². The minimum atomic E-state index is -0.895. The Morgan fingerprint density at radius 1 is 1.08 bits per heavy atom. The van der Waals surface area contributed by atoms with E-state index in [0.29, 0.717) is 35.3 Å². The molecule has 0 N–H and O–H groups in total. The zero-order valence-corrected chi connectivity index (χ0v) is 14.9. The topological polar surface area (TPSA) is 61.8 Å². The first-order valence-electron chi connectivity index (χ1n) is 8.11. The van der Waals surface area contributed by atoms with Gasteiger partial charge in [0.05, 0.1) is 0 Å². The van der Waals surface area contributed by atoms with Crippen molar-refractivity contribution in [2.24, 2.45) is 0 Å². The third-order valence-electron chi connectivity index (χ3n) is 3.77. The molecule has 1 heterocycles. The first-order valence-corrected chi connectivity index (χ1v) is 8.49. The molecule has 134 valence electrons. The quantitative estimate of drug-likeness (QED) is 0.452. The largest absolute Gasteiger partial charge is 0.486 e. The molecule has 0 aromatic heterocycles. The molecule has 0 amide bonds. The van der Waals surface area contributed by atoms with Gasteiger partial charge in [-0.3, -0.25) is 4.79 Å². The molecule has 0 unspecified atom stereocenters. The lowest BCUT2D eigenvalue weighted by Gasteiger charge is -2.18. The summed E-state index contributed by atoms with van der Waals surface area (Å²) in [5, 5.41) is 0.536. The number of ether oxygens (including phenoxy) is 3. The third kappa shape index (κ3) is 4.43. The van der Waals surface area contributed by atoms with Gasteiger partial charge in [0.25, 0.3) is 0 Å². The predicted octanol–water partition coefficient (Wildman–Crippen LogP) is 3.94. The Morgan fingerprint density at radius 2 is 1.77 bits per heavy atom. The third-order valence-corrected chi connectivity index (χ3v) is 4.02. The second-order valence-electron chi connectivity index (χ2n) is 5.69. The van der Waals surface area contributed by atoms with Gasteiger partial charge in [-0.2, -0.15) is 0 Å². The zero-order valence-electron chi connectivity index (χ0n) is 14.1. The predicted molar refractivity (Wildman–Crippen MR) is 97.8 cm³/mol. The standard InChI is InChI=1S/C20H17ClO5/c1-13(20(23)15-4-6-16(21)7-5-15)26-19(22)9-3-14-2-8-17-18(12-14)25-11-10-24-17/h2-9,12-13H,10-11H2,1H3/b9-3+/t13-/m1/s1. The van der Waals surface area contributed by atoms with Crippen LogP contribution >= 0.6 is 11.6 Å². The van der Waals surface area contributed by atoms with Gasteiger partial charge in [-0.05, 0) is 55.0 Å². The Labute approximate surface area is 156 Å². The van der Waals surface area contributed by atoms with E-state index >= 15 is 0 Å². The van der Waals surface area contributed by atoms with Crippen molar-refractivity contribution in [3.05, 3.63) is 64.7 Å². The molecule has 1 aliphatic heterocycles. The summed E-state index contributed by atoms with van der Waals surface area (Å²) in [7, 11) is 0. The Hall–Kier alpha value is -2.79. The Morgan fingerprint density at radius 3 is 2.50 bits per heavy atom. The van der Waals surface area contributed by atoms with E-state index in [1.54, 1.807) is 48.5 Å². The van der Waals surface area contributed by atoms with Crippen LogP contribution < -0.4 is 9.47 Å². The second kappa shape index (κ2) is 8.06. The van der Waals surface area contributed by atoms with Crippen molar-refractivity contribution in [1.82, 2.24) is 0 Å². The number of fused-ring (bicyclic) bond motifs is 1. The summed E-state index contributed by atoms with van der Waals surface area (Å²) < 4.78 is 16.1. The van der Waals surface area contributed by atoms with Crippen molar-refractivity contribution in [2.75, 3.05) is 13.2 Å². The van der Waals surface area contributed by atoms with Gasteiger partial charge in [-0.1, -0.05) is 17.7 Å². The smallest absolute Gasteiger partial charge is 0.331 e. The minimum Gasteiger partial charge on any atom is -0.486 e. The van der Waals surface area contributed by atoms with E-state index in [9.17, 15) is 9.59 Å². The van der Waals surface area contributed by atoms with Crippen LogP contribution in [0.3, 0.4) is 0 Å². The molecule has 1 atom stereocenters. The molecule has 6 heteroatoms. The number of esters is 1. The molecule has 2 aromatic rings. The summed E-state index contributed by atoms with van der Waals surface area (Å²) in [5.74, 6) is 0.425. The zero-order chi connectivity index (χ0) is 18.5. The Bertz CT molecular complexity index is 842. The number of hydrogen-bond acceptors (Lipinski definition) is 5. The van der Waals surface area contributed by atoms with Gasteiger partial charge in [-0.25, -0.2) is 4.79 Å². The van der Waals surface area contributed by atoms with E-state index in [1.807, 2.05) is 0 Å². The molecule has 0 saturated heterocycles. The van der Waals surface area contributed by atoms with E-state index in [0.717, 1.165) is 5.56 Å². The van der Waals surface area contributed by atoms with Crippen molar-refractivity contribution >= 4 is 29.4 Å². The van der Waals surface area contributed by atoms with Crippen LogP contribution in [0.5, 0.6) is 11.5 Å². The van der Waals surface area contributed by atoms with E-state index < -0.39 is 12.1 Å².